The van der Waals surface area contributed by atoms with Gasteiger partial charge in [-0.15, -0.1) is 0 Å². The molecule has 0 amide bonds. The van der Waals surface area contributed by atoms with E-state index in [1.165, 1.54) is 25.7 Å². The molecule has 0 bridgehead atoms. The average Bonchev–Trinajstić information content (AvgIpc) is 3.58. The van der Waals surface area contributed by atoms with Crippen molar-refractivity contribution in [2.24, 2.45) is 112 Å². The van der Waals surface area contributed by atoms with Crippen molar-refractivity contribution in [3.63, 3.8) is 0 Å². The van der Waals surface area contributed by atoms with E-state index in [4.69, 9.17) is 0 Å². The lowest BCUT2D eigenvalue weighted by Gasteiger charge is -2.58. The maximum absolute atomic E-state index is 2.73. The Balaban J connectivity index is 1.23. The Morgan fingerprint density at radius 3 is 1.67 bits per heavy atom. The second-order valence-electron chi connectivity index (χ2n) is 20.5. The van der Waals surface area contributed by atoms with Gasteiger partial charge in [-0.25, -0.2) is 0 Å². The highest BCUT2D eigenvalue weighted by Gasteiger charge is 2.70. The number of fused-ring (bicyclic) bond motifs is 12. The third kappa shape index (κ3) is 5.21. The van der Waals surface area contributed by atoms with E-state index in [1.54, 1.807) is 109 Å². The fraction of sp³-hybridized carbons (Fsp3) is 1.00. The molecule has 0 heterocycles. The Kier molecular flexibility index (Phi) is 9.57. The first-order valence-electron chi connectivity index (χ1n) is 22.4. The van der Waals surface area contributed by atoms with Crippen molar-refractivity contribution in [2.45, 2.75) is 176 Å². The summed E-state index contributed by atoms with van der Waals surface area (Å²) in [5.41, 5.74) is 0.678. The molecule has 8 aliphatic carbocycles. The molecule has 0 heteroatoms. The Labute approximate surface area is 287 Å². The van der Waals surface area contributed by atoms with Crippen LogP contribution in [0.15, 0.2) is 0 Å². The summed E-state index contributed by atoms with van der Waals surface area (Å²) in [5.74, 6) is 19.1. The third-order valence-corrected chi connectivity index (χ3v) is 19.2. The van der Waals surface area contributed by atoms with Crippen molar-refractivity contribution < 1.29 is 0 Å². The summed E-state index contributed by atoms with van der Waals surface area (Å²) >= 11 is 0. The molecule has 0 nitrogen and oxygen atoms in total. The van der Waals surface area contributed by atoms with Gasteiger partial charge in [0.2, 0.25) is 0 Å². The predicted octanol–water partition coefficient (Wildman–Crippen LogP) is 13.5. The molecule has 46 heavy (non-hydrogen) atoms. The molecule has 8 aliphatic rings. The van der Waals surface area contributed by atoms with Gasteiger partial charge < -0.3 is 0 Å². The van der Waals surface area contributed by atoms with Gasteiger partial charge in [-0.1, -0.05) is 112 Å². The van der Waals surface area contributed by atoms with Gasteiger partial charge in [0, 0.05) is 0 Å². The van der Waals surface area contributed by atoms with Crippen LogP contribution in [0.5, 0.6) is 0 Å². The highest BCUT2D eigenvalue weighted by atomic mass is 14.7. The molecular weight excluding hydrogens is 553 g/mol. The largest absolute Gasteiger partial charge is 0.0651 e. The minimum Gasteiger partial charge on any atom is -0.0651 e. The van der Waals surface area contributed by atoms with E-state index in [1.807, 2.05) is 0 Å². The van der Waals surface area contributed by atoms with Crippen molar-refractivity contribution in [2.75, 3.05) is 0 Å². The molecule has 15 unspecified atom stereocenters. The van der Waals surface area contributed by atoms with Crippen LogP contribution < -0.4 is 0 Å². The van der Waals surface area contributed by atoms with Crippen molar-refractivity contribution in [3.8, 4) is 0 Å². The van der Waals surface area contributed by atoms with Gasteiger partial charge in [0.15, 0.2) is 0 Å². The fourth-order valence-corrected chi connectivity index (χ4v) is 17.8. The zero-order chi connectivity index (χ0) is 31.7. The molecule has 8 saturated carbocycles. The molecule has 0 aromatic rings. The SMILES string of the molecule is CCC(CC)C1CC(C(CC)CC)CC2(C1)C1CC3CCCCC3CC1C1C3CC4CCC5CCCCC5C4C3CC(C(C)C)C12. The minimum atomic E-state index is 0.678. The normalized spacial score (nSPS) is 51.5. The Morgan fingerprint density at radius 2 is 1.04 bits per heavy atom. The van der Waals surface area contributed by atoms with Gasteiger partial charge in [-0.05, 0) is 176 Å². The van der Waals surface area contributed by atoms with E-state index in [0.717, 1.165) is 107 Å². The zero-order valence-corrected chi connectivity index (χ0v) is 31.7. The van der Waals surface area contributed by atoms with Gasteiger partial charge >= 0.3 is 0 Å². The lowest BCUT2D eigenvalue weighted by molar-refractivity contribution is -0.0936. The molecule has 0 aliphatic heterocycles. The van der Waals surface area contributed by atoms with E-state index in [9.17, 15) is 0 Å². The molecular formula is C46H78. The van der Waals surface area contributed by atoms with Crippen LogP contribution in [0.4, 0.5) is 0 Å². The summed E-state index contributed by atoms with van der Waals surface area (Å²) in [6, 6.07) is 0. The first kappa shape index (κ1) is 33.2. The van der Waals surface area contributed by atoms with Crippen LogP contribution in [0.25, 0.3) is 0 Å². The first-order valence-corrected chi connectivity index (χ1v) is 22.4. The van der Waals surface area contributed by atoms with Crippen LogP contribution >= 0.6 is 0 Å². The van der Waals surface area contributed by atoms with E-state index >= 15 is 0 Å². The maximum atomic E-state index is 2.73. The topological polar surface area (TPSA) is 0 Å². The van der Waals surface area contributed by atoms with Crippen LogP contribution in [0.3, 0.4) is 0 Å². The molecule has 1 spiro atoms. The quantitative estimate of drug-likeness (QED) is 0.262. The summed E-state index contributed by atoms with van der Waals surface area (Å²) < 4.78 is 0. The molecule has 0 saturated heterocycles. The summed E-state index contributed by atoms with van der Waals surface area (Å²) in [6.45, 7) is 15.7. The molecule has 8 fully saturated rings. The smallest absolute Gasteiger partial charge is 0.0227 e. The first-order chi connectivity index (χ1) is 22.4. The van der Waals surface area contributed by atoms with Crippen molar-refractivity contribution in [3.05, 3.63) is 0 Å². The Bertz CT molecular complexity index is 995. The minimum absolute atomic E-state index is 0.678. The van der Waals surface area contributed by atoms with E-state index in [2.05, 4.69) is 41.5 Å². The summed E-state index contributed by atoms with van der Waals surface area (Å²) in [6.07, 6.45) is 33.2. The Morgan fingerprint density at radius 1 is 0.500 bits per heavy atom. The zero-order valence-electron chi connectivity index (χ0n) is 31.7. The van der Waals surface area contributed by atoms with Crippen LogP contribution in [0, 0.1) is 112 Å². The van der Waals surface area contributed by atoms with Crippen LogP contribution in [-0.4, -0.2) is 0 Å². The summed E-state index contributed by atoms with van der Waals surface area (Å²) in [7, 11) is 0. The standard InChI is InChI=1S/C46H78/c1-7-29(8-2)35-21-36(30(9-3)10-4)27-46(26-35)42-24-33-17-12-11-16-32(33)22-41(42)44-39-23-34-20-19-31-15-13-14-18-37(31)43(34)40(39)25-38(28(5)6)45(44)46/h28-45H,7-27H2,1-6H3. The highest BCUT2D eigenvalue weighted by Crippen LogP contribution is 2.77. The number of rotatable bonds is 7. The van der Waals surface area contributed by atoms with Crippen molar-refractivity contribution in [1.29, 1.82) is 0 Å². The van der Waals surface area contributed by atoms with Gasteiger partial charge in [-0.2, -0.15) is 0 Å². The fourth-order valence-electron chi connectivity index (χ4n) is 17.8. The lowest BCUT2D eigenvalue weighted by Crippen LogP contribution is -2.51. The monoisotopic (exact) mass is 631 g/mol. The molecule has 0 aromatic heterocycles. The molecule has 8 rings (SSSR count). The molecule has 0 radical (unpaired) electrons. The van der Waals surface area contributed by atoms with Gasteiger partial charge in [0.25, 0.3) is 0 Å². The van der Waals surface area contributed by atoms with Crippen molar-refractivity contribution in [1.82, 2.24) is 0 Å². The summed E-state index contributed by atoms with van der Waals surface area (Å²) in [4.78, 5) is 0. The number of hydrogen-bond acceptors (Lipinski definition) is 0. The van der Waals surface area contributed by atoms with E-state index < -0.39 is 0 Å². The molecule has 0 N–H and O–H groups in total. The van der Waals surface area contributed by atoms with Crippen LogP contribution in [-0.2, 0) is 0 Å². The molecule has 262 valence electrons. The predicted molar refractivity (Wildman–Crippen MR) is 196 cm³/mol. The maximum Gasteiger partial charge on any atom is -0.0227 e. The lowest BCUT2D eigenvalue weighted by atomic mass is 9.47. The second-order valence-corrected chi connectivity index (χ2v) is 20.5. The molecule has 15 atom stereocenters. The van der Waals surface area contributed by atoms with E-state index in [0.29, 0.717) is 5.41 Å². The number of hydrogen-bond donors (Lipinski definition) is 0. The van der Waals surface area contributed by atoms with Crippen LogP contribution in [0.1, 0.15) is 176 Å². The van der Waals surface area contributed by atoms with Gasteiger partial charge in [0.1, 0.15) is 0 Å². The third-order valence-electron chi connectivity index (χ3n) is 19.2. The van der Waals surface area contributed by atoms with Gasteiger partial charge in [0.05, 0.1) is 0 Å². The Hall–Kier alpha value is 0. The molecule has 0 aromatic carbocycles. The van der Waals surface area contributed by atoms with Crippen LogP contribution in [0.2, 0.25) is 0 Å². The highest BCUT2D eigenvalue weighted by molar-refractivity contribution is 5.19. The average molecular weight is 631 g/mol. The van der Waals surface area contributed by atoms with Gasteiger partial charge in [-0.3, -0.25) is 0 Å². The van der Waals surface area contributed by atoms with Crippen molar-refractivity contribution >= 4 is 0 Å². The summed E-state index contributed by atoms with van der Waals surface area (Å²) in [5, 5.41) is 0. The second kappa shape index (κ2) is 13.3. The van der Waals surface area contributed by atoms with E-state index in [-0.39, 0.29) is 0 Å².